The molecule has 2 rings (SSSR count). The van der Waals surface area contributed by atoms with Gasteiger partial charge in [0, 0.05) is 11.6 Å². The van der Waals surface area contributed by atoms with Gasteiger partial charge in [0.2, 0.25) is 0 Å². The lowest BCUT2D eigenvalue weighted by molar-refractivity contribution is 0.278. The van der Waals surface area contributed by atoms with Crippen molar-refractivity contribution in [1.82, 2.24) is 0 Å². The van der Waals surface area contributed by atoms with Crippen molar-refractivity contribution in [1.29, 1.82) is 0 Å². The summed E-state index contributed by atoms with van der Waals surface area (Å²) in [6, 6.07) is 0.395. The third kappa shape index (κ3) is 2.25. The summed E-state index contributed by atoms with van der Waals surface area (Å²) in [6.07, 6.45) is 6.05. The zero-order valence-corrected chi connectivity index (χ0v) is 8.79. The van der Waals surface area contributed by atoms with Crippen molar-refractivity contribution in [3.63, 3.8) is 0 Å². The average molecular weight is 213 g/mol. The molecule has 12 heavy (non-hydrogen) atoms. The van der Waals surface area contributed by atoms with Crippen LogP contribution in [0.3, 0.4) is 0 Å². The molecule has 0 radical (unpaired) electrons. The molecule has 3 atom stereocenters. The Labute approximate surface area is 86.3 Å². The molecule has 4 heteroatoms. The van der Waals surface area contributed by atoms with E-state index in [4.69, 9.17) is 11.5 Å². The third-order valence-corrected chi connectivity index (χ3v) is 3.05. The van der Waals surface area contributed by atoms with E-state index in [1.54, 1.807) is 0 Å². The van der Waals surface area contributed by atoms with E-state index in [0.717, 1.165) is 12.3 Å². The number of rotatable bonds is 0. The van der Waals surface area contributed by atoms with E-state index < -0.39 is 0 Å². The van der Waals surface area contributed by atoms with E-state index in [1.165, 1.54) is 25.7 Å². The normalized spacial score (nSPS) is 44.5. The molecule has 3 unspecified atom stereocenters. The summed E-state index contributed by atoms with van der Waals surface area (Å²) in [5, 5.41) is 0. The Balaban J connectivity index is 0.000000605. The molecule has 0 spiro atoms. The highest BCUT2D eigenvalue weighted by atomic mass is 35.5. The van der Waals surface area contributed by atoms with E-state index in [0.29, 0.717) is 6.04 Å². The van der Waals surface area contributed by atoms with Gasteiger partial charge in [-0.25, -0.2) is 0 Å². The van der Waals surface area contributed by atoms with E-state index >= 15 is 0 Å². The van der Waals surface area contributed by atoms with Gasteiger partial charge in [-0.15, -0.1) is 24.8 Å². The lowest BCUT2D eigenvalue weighted by Gasteiger charge is -2.32. The molecule has 2 saturated carbocycles. The first-order valence-electron chi connectivity index (χ1n) is 4.22. The van der Waals surface area contributed by atoms with Crippen LogP contribution in [0.25, 0.3) is 0 Å². The number of halogens is 2. The summed E-state index contributed by atoms with van der Waals surface area (Å²) in [4.78, 5) is 0. The van der Waals surface area contributed by atoms with Crippen LogP contribution in [-0.4, -0.2) is 11.6 Å². The predicted octanol–water partition coefficient (Wildman–Crippen LogP) is 1.45. The van der Waals surface area contributed by atoms with Gasteiger partial charge in [0.1, 0.15) is 0 Å². The maximum atomic E-state index is 6.11. The van der Waals surface area contributed by atoms with Crippen LogP contribution in [0.4, 0.5) is 0 Å². The van der Waals surface area contributed by atoms with Crippen molar-refractivity contribution >= 4 is 24.8 Å². The van der Waals surface area contributed by atoms with Crippen molar-refractivity contribution in [2.24, 2.45) is 17.4 Å². The quantitative estimate of drug-likeness (QED) is 0.639. The zero-order valence-electron chi connectivity index (χ0n) is 7.16. The molecule has 0 aromatic heterocycles. The highest BCUT2D eigenvalue weighted by Crippen LogP contribution is 2.42. The van der Waals surface area contributed by atoms with E-state index in [-0.39, 0.29) is 30.4 Å². The minimum absolute atomic E-state index is 0. The third-order valence-electron chi connectivity index (χ3n) is 3.05. The molecule has 0 aromatic carbocycles. The second-order valence-electron chi connectivity index (χ2n) is 4.17. The number of nitrogens with two attached hydrogens (primary N) is 2. The van der Waals surface area contributed by atoms with Crippen molar-refractivity contribution in [2.75, 3.05) is 0 Å². The van der Waals surface area contributed by atoms with Gasteiger partial charge >= 0.3 is 0 Å². The predicted molar refractivity (Wildman–Crippen MR) is 56.0 cm³/mol. The topological polar surface area (TPSA) is 52.0 Å². The first-order chi connectivity index (χ1) is 4.68. The molecule has 2 bridgehead atoms. The average Bonchev–Trinajstić information content (AvgIpc) is 2.06. The smallest absolute Gasteiger partial charge is 0.0171 e. The van der Waals surface area contributed by atoms with Gasteiger partial charge in [0.05, 0.1) is 0 Å². The maximum Gasteiger partial charge on any atom is 0.0171 e. The minimum Gasteiger partial charge on any atom is -0.328 e. The fourth-order valence-electron chi connectivity index (χ4n) is 2.69. The Hall–Kier alpha value is 0.500. The van der Waals surface area contributed by atoms with Crippen LogP contribution >= 0.6 is 24.8 Å². The van der Waals surface area contributed by atoms with Crippen molar-refractivity contribution in [3.8, 4) is 0 Å². The monoisotopic (exact) mass is 212 g/mol. The molecule has 2 nitrogen and oxygen atoms in total. The summed E-state index contributed by atoms with van der Waals surface area (Å²) in [5.74, 6) is 0.855. The highest BCUT2D eigenvalue weighted by Gasteiger charge is 2.41. The SMILES string of the molecule is Cl.Cl.NC1CC2CCC(N)(C1)C2. The second-order valence-corrected chi connectivity index (χ2v) is 4.17. The molecule has 0 aliphatic heterocycles. The van der Waals surface area contributed by atoms with Crippen LogP contribution in [0.15, 0.2) is 0 Å². The number of hydrogen-bond donors (Lipinski definition) is 2. The lowest BCUT2D eigenvalue weighted by Crippen LogP contribution is -2.46. The van der Waals surface area contributed by atoms with Crippen LogP contribution in [0.1, 0.15) is 32.1 Å². The Morgan fingerprint density at radius 2 is 1.83 bits per heavy atom. The molecule has 0 heterocycles. The highest BCUT2D eigenvalue weighted by molar-refractivity contribution is 5.85. The molecule has 0 amide bonds. The summed E-state index contributed by atoms with van der Waals surface area (Å²) in [5.41, 5.74) is 12.1. The van der Waals surface area contributed by atoms with Gasteiger partial charge in [-0.1, -0.05) is 0 Å². The van der Waals surface area contributed by atoms with Gasteiger partial charge in [0.15, 0.2) is 0 Å². The van der Waals surface area contributed by atoms with Crippen LogP contribution in [0.5, 0.6) is 0 Å². The molecular formula is C8H18Cl2N2. The number of fused-ring (bicyclic) bond motifs is 2. The first-order valence-corrected chi connectivity index (χ1v) is 4.22. The molecule has 0 saturated heterocycles. The molecule has 2 aliphatic carbocycles. The standard InChI is InChI=1S/C8H16N2.2ClH/c9-7-3-6-1-2-8(10,4-6)5-7;;/h6-7H,1-5,9-10H2;2*1H. The Kier molecular flexibility index (Phi) is 4.31. The summed E-state index contributed by atoms with van der Waals surface area (Å²) in [6.45, 7) is 0. The first kappa shape index (κ1) is 12.5. The lowest BCUT2D eigenvalue weighted by atomic mass is 9.81. The van der Waals surface area contributed by atoms with E-state index in [9.17, 15) is 0 Å². The maximum absolute atomic E-state index is 6.11. The molecule has 2 aliphatic rings. The Bertz CT molecular complexity index is 154. The molecule has 2 fully saturated rings. The molecular weight excluding hydrogens is 195 g/mol. The largest absolute Gasteiger partial charge is 0.328 e. The molecule has 4 N–H and O–H groups in total. The summed E-state index contributed by atoms with van der Waals surface area (Å²) < 4.78 is 0. The van der Waals surface area contributed by atoms with Crippen molar-refractivity contribution in [3.05, 3.63) is 0 Å². The van der Waals surface area contributed by atoms with E-state index in [2.05, 4.69) is 0 Å². The van der Waals surface area contributed by atoms with Gasteiger partial charge in [-0.05, 0) is 38.0 Å². The van der Waals surface area contributed by atoms with Crippen LogP contribution in [-0.2, 0) is 0 Å². The van der Waals surface area contributed by atoms with Crippen LogP contribution < -0.4 is 11.5 Å². The van der Waals surface area contributed by atoms with Gasteiger partial charge in [0.25, 0.3) is 0 Å². The van der Waals surface area contributed by atoms with Crippen molar-refractivity contribution < 1.29 is 0 Å². The van der Waals surface area contributed by atoms with Gasteiger partial charge < -0.3 is 11.5 Å². The van der Waals surface area contributed by atoms with Crippen LogP contribution in [0.2, 0.25) is 0 Å². The Morgan fingerprint density at radius 1 is 1.17 bits per heavy atom. The fourth-order valence-corrected chi connectivity index (χ4v) is 2.69. The van der Waals surface area contributed by atoms with Crippen molar-refractivity contribution in [2.45, 2.75) is 43.7 Å². The number of hydrogen-bond acceptors (Lipinski definition) is 2. The minimum atomic E-state index is 0. The van der Waals surface area contributed by atoms with E-state index in [1.807, 2.05) is 0 Å². The summed E-state index contributed by atoms with van der Waals surface area (Å²) >= 11 is 0. The fraction of sp³-hybridized carbons (Fsp3) is 1.00. The second kappa shape index (κ2) is 4.14. The van der Waals surface area contributed by atoms with Crippen LogP contribution in [0, 0.1) is 5.92 Å². The zero-order chi connectivity index (χ0) is 7.19. The van der Waals surface area contributed by atoms with Gasteiger partial charge in [-0.2, -0.15) is 0 Å². The molecule has 0 aromatic rings. The summed E-state index contributed by atoms with van der Waals surface area (Å²) in [7, 11) is 0. The Morgan fingerprint density at radius 3 is 2.42 bits per heavy atom. The van der Waals surface area contributed by atoms with Gasteiger partial charge in [-0.3, -0.25) is 0 Å². The molecule has 74 valence electrons.